The summed E-state index contributed by atoms with van der Waals surface area (Å²) in [6.07, 6.45) is 0. The Labute approximate surface area is 160 Å². The number of hydrogen-bond acceptors (Lipinski definition) is 5. The molecular formula is C17H16ClN3O4S. The van der Waals surface area contributed by atoms with Gasteiger partial charge in [-0.05, 0) is 61.5 Å². The van der Waals surface area contributed by atoms with E-state index in [-0.39, 0.29) is 17.4 Å². The number of halogens is 1. The van der Waals surface area contributed by atoms with Crippen molar-refractivity contribution in [3.63, 3.8) is 0 Å². The minimum Gasteiger partial charge on any atom is -0.483 e. The minimum absolute atomic E-state index is 0.0188. The van der Waals surface area contributed by atoms with Crippen LogP contribution in [0.3, 0.4) is 0 Å². The highest BCUT2D eigenvalue weighted by atomic mass is 35.5. The molecule has 0 aliphatic carbocycles. The van der Waals surface area contributed by atoms with Crippen molar-refractivity contribution in [3.8, 4) is 5.75 Å². The number of anilines is 1. The Hall–Kier alpha value is -2.71. The molecule has 2 N–H and O–H groups in total. The molecule has 0 saturated heterocycles. The van der Waals surface area contributed by atoms with Crippen LogP contribution >= 0.6 is 23.8 Å². The molecule has 0 bridgehead atoms. The molecule has 0 heterocycles. The van der Waals surface area contributed by atoms with Gasteiger partial charge in [0, 0.05) is 22.8 Å². The van der Waals surface area contributed by atoms with E-state index in [2.05, 4.69) is 10.6 Å². The van der Waals surface area contributed by atoms with Crippen molar-refractivity contribution < 1.29 is 14.5 Å². The van der Waals surface area contributed by atoms with Gasteiger partial charge in [0.2, 0.25) is 0 Å². The molecule has 9 heteroatoms. The highest BCUT2D eigenvalue weighted by Crippen LogP contribution is 2.22. The third kappa shape index (κ3) is 5.40. The van der Waals surface area contributed by atoms with Crippen molar-refractivity contribution in [2.24, 2.45) is 0 Å². The van der Waals surface area contributed by atoms with Crippen LogP contribution in [0.1, 0.15) is 11.1 Å². The molecule has 2 aromatic rings. The maximum atomic E-state index is 11.9. The van der Waals surface area contributed by atoms with Gasteiger partial charge in [-0.25, -0.2) is 0 Å². The first-order valence-corrected chi connectivity index (χ1v) is 8.29. The van der Waals surface area contributed by atoms with Crippen molar-refractivity contribution in [3.05, 3.63) is 62.7 Å². The molecule has 0 fully saturated rings. The molecule has 7 nitrogen and oxygen atoms in total. The first-order chi connectivity index (χ1) is 12.3. The van der Waals surface area contributed by atoms with Crippen LogP contribution in [0.25, 0.3) is 0 Å². The highest BCUT2D eigenvalue weighted by Gasteiger charge is 2.11. The summed E-state index contributed by atoms with van der Waals surface area (Å²) in [6, 6.07) is 9.39. The van der Waals surface area contributed by atoms with E-state index in [9.17, 15) is 14.9 Å². The lowest BCUT2D eigenvalue weighted by Crippen LogP contribution is -2.37. The monoisotopic (exact) mass is 393 g/mol. The lowest BCUT2D eigenvalue weighted by atomic mass is 10.2. The summed E-state index contributed by atoms with van der Waals surface area (Å²) >= 11 is 10.9. The second kappa shape index (κ2) is 8.59. The molecule has 0 aromatic heterocycles. The fourth-order valence-electron chi connectivity index (χ4n) is 2.14. The Morgan fingerprint density at radius 1 is 1.23 bits per heavy atom. The van der Waals surface area contributed by atoms with Crippen molar-refractivity contribution in [2.45, 2.75) is 13.8 Å². The molecule has 0 aliphatic heterocycles. The van der Waals surface area contributed by atoms with Crippen LogP contribution < -0.4 is 15.4 Å². The number of non-ortho nitro benzene ring substituents is 1. The van der Waals surface area contributed by atoms with E-state index >= 15 is 0 Å². The molecule has 0 radical (unpaired) electrons. The Balaban J connectivity index is 1.89. The molecule has 0 unspecified atom stereocenters. The first-order valence-electron chi connectivity index (χ1n) is 7.51. The zero-order chi connectivity index (χ0) is 19.3. The predicted octanol–water partition coefficient (Wildman–Crippen LogP) is 3.76. The fraction of sp³-hybridized carbons (Fsp3) is 0.176. The van der Waals surface area contributed by atoms with Gasteiger partial charge in [0.15, 0.2) is 11.7 Å². The lowest BCUT2D eigenvalue weighted by Gasteiger charge is -2.13. The van der Waals surface area contributed by atoms with Crippen LogP contribution in [0.15, 0.2) is 36.4 Å². The SMILES string of the molecule is Cc1cc([N+](=O)[O-])ccc1NC(=S)NC(=O)COc1ccc(Cl)cc1C. The lowest BCUT2D eigenvalue weighted by molar-refractivity contribution is -0.384. The number of hydrogen-bond donors (Lipinski definition) is 2. The van der Waals surface area contributed by atoms with Crippen molar-refractivity contribution in [1.29, 1.82) is 0 Å². The molecule has 1 amide bonds. The van der Waals surface area contributed by atoms with Crippen LogP contribution in [0, 0.1) is 24.0 Å². The summed E-state index contributed by atoms with van der Waals surface area (Å²) < 4.78 is 5.44. The number of carbonyl (C=O) groups excluding carboxylic acids is 1. The Bertz CT molecular complexity index is 873. The van der Waals surface area contributed by atoms with Crippen molar-refractivity contribution in [2.75, 3.05) is 11.9 Å². The largest absolute Gasteiger partial charge is 0.483 e. The summed E-state index contributed by atoms with van der Waals surface area (Å²) in [4.78, 5) is 22.2. The number of carbonyl (C=O) groups is 1. The van der Waals surface area contributed by atoms with Gasteiger partial charge in [0.25, 0.3) is 11.6 Å². The van der Waals surface area contributed by atoms with Crippen molar-refractivity contribution in [1.82, 2.24) is 5.32 Å². The van der Waals surface area contributed by atoms with E-state index in [1.807, 2.05) is 6.92 Å². The van der Waals surface area contributed by atoms with Crippen LogP contribution in [0.4, 0.5) is 11.4 Å². The van der Waals surface area contributed by atoms with Crippen LogP contribution in [-0.4, -0.2) is 22.5 Å². The van der Waals surface area contributed by atoms with E-state index in [1.54, 1.807) is 25.1 Å². The van der Waals surface area contributed by atoms with Gasteiger partial charge in [0.05, 0.1) is 4.92 Å². The topological polar surface area (TPSA) is 93.5 Å². The zero-order valence-electron chi connectivity index (χ0n) is 14.0. The number of nitro groups is 1. The third-order valence-electron chi connectivity index (χ3n) is 3.42. The minimum atomic E-state index is -0.479. The van der Waals surface area contributed by atoms with Gasteiger partial charge < -0.3 is 10.1 Å². The Morgan fingerprint density at radius 3 is 2.58 bits per heavy atom. The Kier molecular flexibility index (Phi) is 6.48. The van der Waals surface area contributed by atoms with Crippen LogP contribution in [0.5, 0.6) is 5.75 Å². The predicted molar refractivity (Wildman–Crippen MR) is 104 cm³/mol. The molecule has 0 atom stereocenters. The zero-order valence-corrected chi connectivity index (χ0v) is 15.6. The normalized spacial score (nSPS) is 10.1. The summed E-state index contributed by atoms with van der Waals surface area (Å²) in [7, 11) is 0. The van der Waals surface area contributed by atoms with Crippen molar-refractivity contribution >= 4 is 46.2 Å². The number of benzene rings is 2. The molecular weight excluding hydrogens is 378 g/mol. The summed E-state index contributed by atoms with van der Waals surface area (Å²) in [5, 5.41) is 16.7. The van der Waals surface area contributed by atoms with E-state index < -0.39 is 10.8 Å². The van der Waals surface area contributed by atoms with Crippen LogP contribution in [-0.2, 0) is 4.79 Å². The fourth-order valence-corrected chi connectivity index (χ4v) is 2.59. The second-order valence-electron chi connectivity index (χ2n) is 5.46. The summed E-state index contributed by atoms with van der Waals surface area (Å²) in [5.74, 6) is 0.117. The van der Waals surface area contributed by atoms with E-state index in [0.717, 1.165) is 5.56 Å². The number of rotatable bonds is 5. The molecule has 26 heavy (non-hydrogen) atoms. The average Bonchev–Trinajstić information content (AvgIpc) is 2.55. The standard InChI is InChI=1S/C17H16ClN3O4S/c1-10-8-13(21(23)24)4-5-14(10)19-17(26)20-16(22)9-25-15-6-3-12(18)7-11(15)2/h3-8H,9H2,1-2H3,(H2,19,20,22,26). The van der Waals surface area contributed by atoms with Crippen LogP contribution in [0.2, 0.25) is 5.02 Å². The average molecular weight is 394 g/mol. The molecule has 136 valence electrons. The molecule has 0 aliphatic rings. The number of aryl methyl sites for hydroxylation is 2. The number of nitrogens with zero attached hydrogens (tertiary/aromatic N) is 1. The number of nitro benzene ring substituents is 1. The summed E-state index contributed by atoms with van der Waals surface area (Å²) in [6.45, 7) is 3.30. The smallest absolute Gasteiger partial charge is 0.269 e. The summed E-state index contributed by atoms with van der Waals surface area (Å²) in [5.41, 5.74) is 1.99. The Morgan fingerprint density at radius 2 is 1.96 bits per heavy atom. The van der Waals surface area contributed by atoms with E-state index in [4.69, 9.17) is 28.6 Å². The van der Waals surface area contributed by atoms with Gasteiger partial charge in [-0.15, -0.1) is 0 Å². The van der Waals surface area contributed by atoms with Gasteiger partial charge >= 0.3 is 0 Å². The van der Waals surface area contributed by atoms with Gasteiger partial charge in [0.1, 0.15) is 5.75 Å². The number of thiocarbonyl (C=S) groups is 1. The first kappa shape index (κ1) is 19.6. The highest BCUT2D eigenvalue weighted by molar-refractivity contribution is 7.80. The molecule has 2 rings (SSSR count). The van der Waals surface area contributed by atoms with Gasteiger partial charge in [-0.1, -0.05) is 11.6 Å². The van der Waals surface area contributed by atoms with E-state index in [1.165, 1.54) is 18.2 Å². The maximum Gasteiger partial charge on any atom is 0.269 e. The second-order valence-corrected chi connectivity index (χ2v) is 6.30. The number of amides is 1. The third-order valence-corrected chi connectivity index (χ3v) is 3.86. The quantitative estimate of drug-likeness (QED) is 0.456. The van der Waals surface area contributed by atoms with Gasteiger partial charge in [-0.3, -0.25) is 20.2 Å². The number of nitrogens with one attached hydrogen (secondary N) is 2. The number of ether oxygens (including phenoxy) is 1. The molecule has 0 saturated carbocycles. The molecule has 0 spiro atoms. The maximum absolute atomic E-state index is 11.9. The van der Waals surface area contributed by atoms with E-state index in [0.29, 0.717) is 22.0 Å². The van der Waals surface area contributed by atoms with Gasteiger partial charge in [-0.2, -0.15) is 0 Å². The molecule has 2 aromatic carbocycles.